The molecule has 0 N–H and O–H groups in total. The quantitative estimate of drug-likeness (QED) is 0.693. The highest BCUT2D eigenvalue weighted by Gasteiger charge is 2.61. The third-order valence-electron chi connectivity index (χ3n) is 7.01. The lowest BCUT2D eigenvalue weighted by Crippen LogP contribution is -2.51. The normalized spacial score (nSPS) is 41.1. The highest BCUT2D eigenvalue weighted by Crippen LogP contribution is 2.43. The molecule has 4 aliphatic rings. The van der Waals surface area contributed by atoms with Crippen LogP contribution in [0.3, 0.4) is 0 Å². The van der Waals surface area contributed by atoms with E-state index in [1.807, 2.05) is 23.9 Å². The van der Waals surface area contributed by atoms with Gasteiger partial charge in [0.05, 0.1) is 12.2 Å². The molecule has 8 heteroatoms. The molecule has 4 atom stereocenters. The first-order chi connectivity index (χ1) is 12.8. The van der Waals surface area contributed by atoms with Crippen LogP contribution < -0.4 is 0 Å². The van der Waals surface area contributed by atoms with Crippen molar-refractivity contribution < 1.29 is 17.9 Å². The largest absolute Gasteiger partial charge is 0.369 e. The average Bonchev–Trinajstić information content (AvgIpc) is 3.04. The van der Waals surface area contributed by atoms with Crippen LogP contribution in [0.25, 0.3) is 0 Å². The van der Waals surface area contributed by atoms with E-state index in [0.717, 1.165) is 32.2 Å². The smallest absolute Gasteiger partial charge is 0.225 e. The Balaban J connectivity index is 1.43. The molecule has 0 spiro atoms. The molecule has 3 heterocycles. The molecule has 2 bridgehead atoms. The third-order valence-corrected chi connectivity index (χ3v) is 9.40. The summed E-state index contributed by atoms with van der Waals surface area (Å²) >= 11 is 0. The van der Waals surface area contributed by atoms with E-state index in [0.29, 0.717) is 32.1 Å². The molecule has 0 aromatic carbocycles. The number of amides is 1. The molecule has 4 fully saturated rings. The minimum atomic E-state index is -3.35. The first-order valence-electron chi connectivity index (χ1n) is 10.4. The molecule has 1 saturated carbocycles. The molecule has 4 rings (SSSR count). The number of carbonyl (C=O) groups excluding carboxylic acids is 1. The minimum Gasteiger partial charge on any atom is -0.369 e. The van der Waals surface area contributed by atoms with Crippen molar-refractivity contribution in [2.45, 2.75) is 50.1 Å². The molecule has 7 nitrogen and oxygen atoms in total. The van der Waals surface area contributed by atoms with Crippen LogP contribution in [0.4, 0.5) is 0 Å². The van der Waals surface area contributed by atoms with Gasteiger partial charge in [-0.15, -0.1) is 0 Å². The van der Waals surface area contributed by atoms with Crippen LogP contribution in [0.15, 0.2) is 0 Å². The number of rotatable bonds is 4. The minimum absolute atomic E-state index is 0.00802. The van der Waals surface area contributed by atoms with Crippen molar-refractivity contribution in [3.8, 4) is 0 Å². The van der Waals surface area contributed by atoms with Crippen LogP contribution in [0.1, 0.15) is 32.6 Å². The van der Waals surface area contributed by atoms with Crippen molar-refractivity contribution >= 4 is 15.9 Å². The number of carbonyl (C=O) groups is 1. The topological polar surface area (TPSA) is 70.2 Å². The monoisotopic (exact) mass is 399 g/mol. The standard InChI is InChI=1S/C19H33N3O4S/c1-13-4-6-14(7-5-13)19(23)21-11-16-15-10-22(9-8-20(2)3)27(24,25)18(15)17(12-21)26-16/h13-18H,4-12H2,1-3H3. The Kier molecular flexibility index (Phi) is 5.29. The zero-order valence-electron chi connectivity index (χ0n) is 16.7. The predicted molar refractivity (Wildman–Crippen MR) is 103 cm³/mol. The van der Waals surface area contributed by atoms with E-state index in [9.17, 15) is 13.2 Å². The Morgan fingerprint density at radius 2 is 1.74 bits per heavy atom. The number of fused-ring (bicyclic) bond motifs is 5. The molecule has 0 aromatic rings. The van der Waals surface area contributed by atoms with Gasteiger partial charge in [0.1, 0.15) is 5.25 Å². The number of sulfonamides is 1. The van der Waals surface area contributed by atoms with Gasteiger partial charge in [-0.3, -0.25) is 4.79 Å². The fourth-order valence-corrected chi connectivity index (χ4v) is 7.64. The van der Waals surface area contributed by atoms with Gasteiger partial charge in [-0.25, -0.2) is 8.42 Å². The summed E-state index contributed by atoms with van der Waals surface area (Å²) in [6.45, 7) is 5.03. The van der Waals surface area contributed by atoms with E-state index < -0.39 is 15.3 Å². The van der Waals surface area contributed by atoms with Gasteiger partial charge in [0, 0.05) is 44.6 Å². The number of nitrogens with zero attached hydrogens (tertiary/aromatic N) is 3. The zero-order valence-corrected chi connectivity index (χ0v) is 17.5. The van der Waals surface area contributed by atoms with Gasteiger partial charge in [-0.05, 0) is 45.7 Å². The van der Waals surface area contributed by atoms with E-state index >= 15 is 0 Å². The second-order valence-electron chi connectivity index (χ2n) is 9.25. The summed E-state index contributed by atoms with van der Waals surface area (Å²) in [6, 6.07) is 0. The molecule has 154 valence electrons. The van der Waals surface area contributed by atoms with Gasteiger partial charge >= 0.3 is 0 Å². The van der Waals surface area contributed by atoms with Crippen LogP contribution in [0, 0.1) is 17.8 Å². The van der Waals surface area contributed by atoms with Crippen molar-refractivity contribution in [1.82, 2.24) is 14.1 Å². The average molecular weight is 400 g/mol. The molecular formula is C19H33N3O4S. The van der Waals surface area contributed by atoms with Crippen LogP contribution in [0.5, 0.6) is 0 Å². The summed E-state index contributed by atoms with van der Waals surface area (Å²) in [4.78, 5) is 16.9. The summed E-state index contributed by atoms with van der Waals surface area (Å²) in [5.74, 6) is 1.05. The lowest BCUT2D eigenvalue weighted by Gasteiger charge is -2.37. The number of morpholine rings is 1. The summed E-state index contributed by atoms with van der Waals surface area (Å²) in [5.41, 5.74) is 0. The van der Waals surface area contributed by atoms with E-state index in [4.69, 9.17) is 4.74 Å². The van der Waals surface area contributed by atoms with Gasteiger partial charge in [-0.2, -0.15) is 4.31 Å². The Morgan fingerprint density at radius 3 is 2.41 bits per heavy atom. The third kappa shape index (κ3) is 3.54. The van der Waals surface area contributed by atoms with Crippen molar-refractivity contribution in [2.24, 2.45) is 17.8 Å². The Morgan fingerprint density at radius 1 is 1.07 bits per heavy atom. The van der Waals surface area contributed by atoms with E-state index in [2.05, 4.69) is 6.92 Å². The van der Waals surface area contributed by atoms with Gasteiger partial charge in [0.2, 0.25) is 15.9 Å². The van der Waals surface area contributed by atoms with Gasteiger partial charge < -0.3 is 14.5 Å². The molecule has 3 aliphatic heterocycles. The van der Waals surface area contributed by atoms with Crippen molar-refractivity contribution in [1.29, 1.82) is 0 Å². The summed E-state index contributed by atoms with van der Waals surface area (Å²) < 4.78 is 33.8. The maximum absolute atomic E-state index is 13.1. The lowest BCUT2D eigenvalue weighted by molar-refractivity contribution is -0.146. The Labute approximate surface area is 163 Å². The van der Waals surface area contributed by atoms with Crippen LogP contribution in [0.2, 0.25) is 0 Å². The molecule has 1 amide bonds. The molecule has 0 radical (unpaired) electrons. The van der Waals surface area contributed by atoms with Crippen LogP contribution >= 0.6 is 0 Å². The zero-order chi connectivity index (χ0) is 19.3. The number of likely N-dealkylation sites (N-methyl/N-ethyl adjacent to an activating group) is 1. The molecular weight excluding hydrogens is 366 g/mol. The van der Waals surface area contributed by atoms with Crippen LogP contribution in [-0.4, -0.2) is 92.7 Å². The summed E-state index contributed by atoms with van der Waals surface area (Å²) in [5, 5.41) is -0.478. The second-order valence-corrected chi connectivity index (χ2v) is 11.3. The fraction of sp³-hybridized carbons (Fsp3) is 0.947. The SMILES string of the molecule is CC1CCC(C(=O)N2CC3OC(C2)C2C3CN(CCN(C)C)S2(=O)=O)CC1. The second kappa shape index (κ2) is 7.28. The predicted octanol–water partition coefficient (Wildman–Crippen LogP) is 0.614. The maximum atomic E-state index is 13.1. The Hall–Kier alpha value is -0.700. The molecule has 4 unspecified atom stereocenters. The first-order valence-corrected chi connectivity index (χ1v) is 11.9. The van der Waals surface area contributed by atoms with E-state index in [1.54, 1.807) is 4.31 Å². The molecule has 1 aliphatic carbocycles. The van der Waals surface area contributed by atoms with Gasteiger partial charge in [0.15, 0.2) is 0 Å². The summed E-state index contributed by atoms with van der Waals surface area (Å²) in [6.07, 6.45) is 3.67. The molecule has 3 saturated heterocycles. The number of likely N-dealkylation sites (tertiary alicyclic amines) is 1. The highest BCUT2D eigenvalue weighted by atomic mass is 32.2. The van der Waals surface area contributed by atoms with E-state index in [1.165, 1.54) is 0 Å². The summed E-state index contributed by atoms with van der Waals surface area (Å²) in [7, 11) is 0.558. The molecule has 27 heavy (non-hydrogen) atoms. The fourth-order valence-electron chi connectivity index (χ4n) is 5.34. The van der Waals surface area contributed by atoms with Gasteiger partial charge in [0.25, 0.3) is 0 Å². The highest BCUT2D eigenvalue weighted by molar-refractivity contribution is 7.90. The van der Waals surface area contributed by atoms with Crippen molar-refractivity contribution in [3.05, 3.63) is 0 Å². The lowest BCUT2D eigenvalue weighted by atomic mass is 9.82. The maximum Gasteiger partial charge on any atom is 0.225 e. The van der Waals surface area contributed by atoms with Crippen LogP contribution in [-0.2, 0) is 19.6 Å². The number of hydrogen-bond donors (Lipinski definition) is 0. The van der Waals surface area contributed by atoms with Crippen molar-refractivity contribution in [2.75, 3.05) is 46.8 Å². The Bertz CT molecular complexity index is 674. The number of ether oxygens (including phenoxy) is 1. The molecule has 0 aromatic heterocycles. The van der Waals surface area contributed by atoms with E-state index in [-0.39, 0.29) is 30.0 Å². The van der Waals surface area contributed by atoms with Gasteiger partial charge in [-0.1, -0.05) is 6.92 Å². The number of hydrogen-bond acceptors (Lipinski definition) is 5. The van der Waals surface area contributed by atoms with Crippen molar-refractivity contribution in [3.63, 3.8) is 0 Å². The first kappa shape index (κ1) is 19.6.